The molecule has 2 aromatic rings. The lowest BCUT2D eigenvalue weighted by Gasteiger charge is -2.34. The maximum Gasteiger partial charge on any atom is 0.270 e. The SMILES string of the molecule is O=C(NCc1ccccc1)c1cc(NC2CCC(N3C(=O)CCC3=O)CC2)ccn1. The Labute approximate surface area is 175 Å². The molecule has 0 unspecified atom stereocenters. The largest absolute Gasteiger partial charge is 0.382 e. The summed E-state index contributed by atoms with van der Waals surface area (Å²) in [7, 11) is 0. The van der Waals surface area contributed by atoms with Gasteiger partial charge in [-0.15, -0.1) is 0 Å². The monoisotopic (exact) mass is 406 g/mol. The van der Waals surface area contributed by atoms with Gasteiger partial charge < -0.3 is 10.6 Å². The maximum absolute atomic E-state index is 12.4. The highest BCUT2D eigenvalue weighted by Crippen LogP contribution is 2.29. The molecule has 7 nitrogen and oxygen atoms in total. The van der Waals surface area contributed by atoms with Crippen molar-refractivity contribution in [2.45, 2.75) is 57.2 Å². The number of amides is 3. The zero-order valence-corrected chi connectivity index (χ0v) is 16.8. The fourth-order valence-corrected chi connectivity index (χ4v) is 4.23. The average molecular weight is 406 g/mol. The van der Waals surface area contributed by atoms with Crippen LogP contribution in [-0.2, 0) is 16.1 Å². The van der Waals surface area contributed by atoms with Crippen LogP contribution in [0, 0.1) is 0 Å². The van der Waals surface area contributed by atoms with E-state index < -0.39 is 0 Å². The van der Waals surface area contributed by atoms with Crippen LogP contribution in [0.2, 0.25) is 0 Å². The molecule has 156 valence electrons. The molecule has 0 radical (unpaired) electrons. The van der Waals surface area contributed by atoms with Crippen molar-refractivity contribution >= 4 is 23.4 Å². The van der Waals surface area contributed by atoms with Crippen molar-refractivity contribution in [2.24, 2.45) is 0 Å². The molecule has 1 aliphatic heterocycles. The number of rotatable bonds is 6. The Morgan fingerprint density at radius 3 is 2.40 bits per heavy atom. The van der Waals surface area contributed by atoms with Crippen molar-refractivity contribution in [2.75, 3.05) is 5.32 Å². The molecule has 0 bridgehead atoms. The number of aromatic nitrogens is 1. The van der Waals surface area contributed by atoms with Crippen molar-refractivity contribution in [3.63, 3.8) is 0 Å². The Kier molecular flexibility index (Phi) is 6.07. The van der Waals surface area contributed by atoms with Gasteiger partial charge in [0.05, 0.1) is 0 Å². The second kappa shape index (κ2) is 9.07. The van der Waals surface area contributed by atoms with E-state index in [9.17, 15) is 14.4 Å². The number of imide groups is 1. The topological polar surface area (TPSA) is 91.4 Å². The number of nitrogens with one attached hydrogen (secondary N) is 2. The molecule has 0 spiro atoms. The van der Waals surface area contributed by atoms with Gasteiger partial charge in [0.25, 0.3) is 5.91 Å². The minimum absolute atomic E-state index is 0.0299. The highest BCUT2D eigenvalue weighted by molar-refractivity contribution is 6.02. The summed E-state index contributed by atoms with van der Waals surface area (Å²) in [6.45, 7) is 0.455. The van der Waals surface area contributed by atoms with Crippen LogP contribution >= 0.6 is 0 Å². The predicted molar refractivity (Wildman–Crippen MR) is 113 cm³/mol. The van der Waals surface area contributed by atoms with Crippen molar-refractivity contribution in [1.82, 2.24) is 15.2 Å². The van der Waals surface area contributed by atoms with E-state index in [1.165, 1.54) is 4.90 Å². The second-order valence-corrected chi connectivity index (χ2v) is 7.91. The van der Waals surface area contributed by atoms with Gasteiger partial charge in [-0.2, -0.15) is 0 Å². The predicted octanol–water partition coefficient (Wildman–Crippen LogP) is 2.88. The number of hydrogen-bond acceptors (Lipinski definition) is 5. The van der Waals surface area contributed by atoms with E-state index in [-0.39, 0.29) is 29.8 Å². The highest BCUT2D eigenvalue weighted by Gasteiger charge is 2.36. The van der Waals surface area contributed by atoms with E-state index in [1.54, 1.807) is 12.3 Å². The van der Waals surface area contributed by atoms with Gasteiger partial charge >= 0.3 is 0 Å². The summed E-state index contributed by atoms with van der Waals surface area (Å²) in [5.74, 6) is -0.273. The Hall–Kier alpha value is -3.22. The summed E-state index contributed by atoms with van der Waals surface area (Å²) < 4.78 is 0. The van der Waals surface area contributed by atoms with Gasteiger partial charge in [-0.05, 0) is 43.4 Å². The lowest BCUT2D eigenvalue weighted by Crippen LogP contribution is -2.43. The Balaban J connectivity index is 1.30. The van der Waals surface area contributed by atoms with Crippen LogP contribution < -0.4 is 10.6 Å². The number of carbonyl (C=O) groups is 3. The number of nitrogens with zero attached hydrogens (tertiary/aromatic N) is 2. The first-order chi connectivity index (χ1) is 14.6. The average Bonchev–Trinajstić information content (AvgIpc) is 3.11. The van der Waals surface area contributed by atoms with Crippen LogP contribution in [0.5, 0.6) is 0 Å². The van der Waals surface area contributed by atoms with Crippen LogP contribution in [0.1, 0.15) is 54.6 Å². The standard InChI is InChI=1S/C23H26N4O3/c28-21-10-11-22(29)27(21)19-8-6-17(7-9-19)26-18-12-13-24-20(14-18)23(30)25-15-16-4-2-1-3-5-16/h1-5,12-14,17,19H,6-11,15H2,(H,24,26)(H,25,30). The zero-order valence-electron chi connectivity index (χ0n) is 16.8. The van der Waals surface area contributed by atoms with Crippen molar-refractivity contribution in [3.8, 4) is 0 Å². The Morgan fingerprint density at radius 1 is 1.00 bits per heavy atom. The van der Waals surface area contributed by atoms with Gasteiger partial charge in [-0.25, -0.2) is 0 Å². The molecule has 2 heterocycles. The summed E-state index contributed by atoms with van der Waals surface area (Å²) >= 11 is 0. The van der Waals surface area contributed by atoms with Crippen LogP contribution in [0.3, 0.4) is 0 Å². The molecular weight excluding hydrogens is 380 g/mol. The van der Waals surface area contributed by atoms with Crippen molar-refractivity contribution < 1.29 is 14.4 Å². The van der Waals surface area contributed by atoms with Gasteiger partial charge in [0.2, 0.25) is 11.8 Å². The fraction of sp³-hybridized carbons (Fsp3) is 0.391. The molecule has 4 rings (SSSR count). The first kappa shape index (κ1) is 20.1. The summed E-state index contributed by atoms with van der Waals surface area (Å²) in [6.07, 6.45) is 5.70. The minimum atomic E-state index is -0.211. The molecule has 30 heavy (non-hydrogen) atoms. The highest BCUT2D eigenvalue weighted by atomic mass is 16.2. The van der Waals surface area contributed by atoms with Crippen LogP contribution in [0.4, 0.5) is 5.69 Å². The number of hydrogen-bond donors (Lipinski definition) is 2. The lowest BCUT2D eigenvalue weighted by atomic mass is 9.90. The van der Waals surface area contributed by atoms with E-state index in [0.717, 1.165) is 36.9 Å². The number of carbonyl (C=O) groups excluding carboxylic acids is 3. The number of likely N-dealkylation sites (tertiary alicyclic amines) is 1. The number of benzene rings is 1. The summed E-state index contributed by atoms with van der Waals surface area (Å²) in [5, 5.41) is 6.37. The normalized spacial score (nSPS) is 21.5. The third-order valence-corrected chi connectivity index (χ3v) is 5.81. The van der Waals surface area contributed by atoms with Gasteiger partial charge in [0, 0.05) is 43.4 Å². The third-order valence-electron chi connectivity index (χ3n) is 5.81. The molecule has 7 heteroatoms. The van der Waals surface area contributed by atoms with Crippen LogP contribution in [0.15, 0.2) is 48.7 Å². The van der Waals surface area contributed by atoms with E-state index in [4.69, 9.17) is 0 Å². The van der Waals surface area contributed by atoms with Gasteiger partial charge in [-0.1, -0.05) is 30.3 Å². The molecule has 1 aliphatic carbocycles. The molecule has 2 fully saturated rings. The van der Waals surface area contributed by atoms with Crippen LogP contribution in [0.25, 0.3) is 0 Å². The van der Waals surface area contributed by atoms with Crippen molar-refractivity contribution in [1.29, 1.82) is 0 Å². The van der Waals surface area contributed by atoms with Gasteiger partial charge in [-0.3, -0.25) is 24.3 Å². The van der Waals surface area contributed by atoms with E-state index in [2.05, 4.69) is 15.6 Å². The number of pyridine rings is 1. The van der Waals surface area contributed by atoms with Gasteiger partial charge in [0.1, 0.15) is 5.69 Å². The first-order valence-electron chi connectivity index (χ1n) is 10.5. The van der Waals surface area contributed by atoms with Crippen molar-refractivity contribution in [3.05, 3.63) is 59.9 Å². The smallest absolute Gasteiger partial charge is 0.270 e. The summed E-state index contributed by atoms with van der Waals surface area (Å²) in [6, 6.07) is 13.6. The molecule has 1 aromatic heterocycles. The first-order valence-corrected chi connectivity index (χ1v) is 10.5. The molecule has 1 saturated heterocycles. The van der Waals surface area contributed by atoms with E-state index in [1.807, 2.05) is 36.4 Å². The lowest BCUT2D eigenvalue weighted by molar-refractivity contribution is -0.141. The summed E-state index contributed by atoms with van der Waals surface area (Å²) in [5.41, 5.74) is 2.26. The molecule has 1 aromatic carbocycles. The molecule has 2 aliphatic rings. The molecular formula is C23H26N4O3. The minimum Gasteiger partial charge on any atom is -0.382 e. The third kappa shape index (κ3) is 4.67. The van der Waals surface area contributed by atoms with Gasteiger partial charge in [0.15, 0.2) is 0 Å². The second-order valence-electron chi connectivity index (χ2n) is 7.91. The molecule has 1 saturated carbocycles. The Bertz CT molecular complexity index is 907. The molecule has 2 N–H and O–H groups in total. The molecule has 3 amide bonds. The van der Waals surface area contributed by atoms with Crippen LogP contribution in [-0.4, -0.2) is 39.7 Å². The summed E-state index contributed by atoms with van der Waals surface area (Å²) in [4.78, 5) is 42.0. The quantitative estimate of drug-likeness (QED) is 0.720. The Morgan fingerprint density at radius 2 is 1.70 bits per heavy atom. The maximum atomic E-state index is 12.4. The zero-order chi connectivity index (χ0) is 20.9. The molecule has 0 atom stereocenters. The van der Waals surface area contributed by atoms with E-state index in [0.29, 0.717) is 25.1 Å². The number of anilines is 1. The fourth-order valence-electron chi connectivity index (χ4n) is 4.23. The van der Waals surface area contributed by atoms with E-state index >= 15 is 0 Å².